The number of hydrogen-bond donors (Lipinski definition) is 2. The van der Waals surface area contributed by atoms with Crippen LogP contribution in [0.2, 0.25) is 0 Å². The Labute approximate surface area is 189 Å². The predicted molar refractivity (Wildman–Crippen MR) is 125 cm³/mol. The Morgan fingerprint density at radius 2 is 2.06 bits per heavy atom. The molecule has 0 radical (unpaired) electrons. The highest BCUT2D eigenvalue weighted by molar-refractivity contribution is 5.85. The van der Waals surface area contributed by atoms with Crippen LogP contribution in [0.3, 0.4) is 0 Å². The van der Waals surface area contributed by atoms with Crippen LogP contribution in [0.4, 0.5) is 15.9 Å². The van der Waals surface area contributed by atoms with Crippen LogP contribution in [0.1, 0.15) is 24.5 Å². The molecule has 0 amide bonds. The Bertz CT molecular complexity index is 1410. The van der Waals surface area contributed by atoms with E-state index in [9.17, 15) is 4.39 Å². The molecular formula is C24H24FN7O. The Kier molecular flexibility index (Phi) is 5.72. The van der Waals surface area contributed by atoms with Gasteiger partial charge in [0.05, 0.1) is 24.9 Å². The summed E-state index contributed by atoms with van der Waals surface area (Å²) in [5.41, 5.74) is 10.4. The van der Waals surface area contributed by atoms with Crippen LogP contribution in [-0.4, -0.2) is 30.6 Å². The van der Waals surface area contributed by atoms with Gasteiger partial charge in [0.1, 0.15) is 23.9 Å². The van der Waals surface area contributed by atoms with Gasteiger partial charge >= 0.3 is 0 Å². The van der Waals surface area contributed by atoms with Gasteiger partial charge in [-0.05, 0) is 48.4 Å². The van der Waals surface area contributed by atoms with E-state index in [2.05, 4.69) is 20.5 Å². The van der Waals surface area contributed by atoms with Gasteiger partial charge in [0.15, 0.2) is 5.82 Å². The molecule has 0 bridgehead atoms. The lowest BCUT2D eigenvalue weighted by molar-refractivity contribution is 0.0433. The molecule has 0 aliphatic rings. The van der Waals surface area contributed by atoms with Crippen molar-refractivity contribution >= 4 is 27.9 Å². The van der Waals surface area contributed by atoms with E-state index in [1.54, 1.807) is 16.8 Å². The number of nitrogens with one attached hydrogen (secondary N) is 1. The van der Waals surface area contributed by atoms with Crippen molar-refractivity contribution in [1.29, 1.82) is 0 Å². The van der Waals surface area contributed by atoms with Gasteiger partial charge in [-0.25, -0.2) is 13.9 Å². The third-order valence-corrected chi connectivity index (χ3v) is 5.52. The van der Waals surface area contributed by atoms with Crippen LogP contribution >= 0.6 is 0 Å². The van der Waals surface area contributed by atoms with Crippen LogP contribution in [0.5, 0.6) is 0 Å². The Balaban J connectivity index is 1.41. The van der Waals surface area contributed by atoms with Gasteiger partial charge in [-0.1, -0.05) is 19.1 Å². The maximum Gasteiger partial charge on any atom is 0.158 e. The standard InChI is InChI=1S/C24H24FN7O/c1-2-22(26)33-14-17-8-9-31-23(17)24(27-15-29-31)30-20-6-7-21-18(11-20)12-28-32(21)13-16-4-3-5-19(25)10-16/h3-12,15,22H,2,13-14,26H2,1H3,(H,27,29,30). The highest BCUT2D eigenvalue weighted by Gasteiger charge is 2.13. The maximum atomic E-state index is 13.5. The first kappa shape index (κ1) is 21.0. The van der Waals surface area contributed by atoms with Crippen molar-refractivity contribution in [2.75, 3.05) is 5.32 Å². The minimum absolute atomic E-state index is 0.251. The van der Waals surface area contributed by atoms with E-state index in [0.717, 1.165) is 39.7 Å². The predicted octanol–water partition coefficient (Wildman–Crippen LogP) is 4.22. The summed E-state index contributed by atoms with van der Waals surface area (Å²) in [7, 11) is 0. The number of rotatable bonds is 8. The van der Waals surface area contributed by atoms with E-state index in [4.69, 9.17) is 10.5 Å². The van der Waals surface area contributed by atoms with Crippen molar-refractivity contribution in [2.45, 2.75) is 32.7 Å². The van der Waals surface area contributed by atoms with Gasteiger partial charge in [0.25, 0.3) is 0 Å². The summed E-state index contributed by atoms with van der Waals surface area (Å²) in [6.07, 6.45) is 5.61. The largest absolute Gasteiger partial charge is 0.359 e. The van der Waals surface area contributed by atoms with Gasteiger partial charge in [-0.3, -0.25) is 4.68 Å². The normalized spacial score (nSPS) is 12.5. The van der Waals surface area contributed by atoms with Crippen molar-refractivity contribution in [3.8, 4) is 0 Å². The molecule has 8 nitrogen and oxygen atoms in total. The molecule has 0 aliphatic heterocycles. The highest BCUT2D eigenvalue weighted by atomic mass is 19.1. The van der Waals surface area contributed by atoms with Crippen LogP contribution in [-0.2, 0) is 17.9 Å². The van der Waals surface area contributed by atoms with E-state index in [1.165, 1.54) is 18.5 Å². The van der Waals surface area contributed by atoms with Gasteiger partial charge < -0.3 is 15.8 Å². The fourth-order valence-corrected chi connectivity index (χ4v) is 3.78. The zero-order chi connectivity index (χ0) is 22.8. The molecule has 1 unspecified atom stereocenters. The van der Waals surface area contributed by atoms with Crippen molar-refractivity contribution in [1.82, 2.24) is 24.4 Å². The Morgan fingerprint density at radius 1 is 1.15 bits per heavy atom. The zero-order valence-corrected chi connectivity index (χ0v) is 18.1. The lowest BCUT2D eigenvalue weighted by Gasteiger charge is -2.12. The summed E-state index contributed by atoms with van der Waals surface area (Å²) in [6.45, 7) is 2.85. The first-order valence-electron chi connectivity index (χ1n) is 10.8. The number of anilines is 2. The first-order chi connectivity index (χ1) is 16.1. The number of hydrogen-bond acceptors (Lipinski definition) is 6. The van der Waals surface area contributed by atoms with Crippen molar-refractivity contribution in [3.63, 3.8) is 0 Å². The number of aromatic nitrogens is 5. The lowest BCUT2D eigenvalue weighted by atomic mass is 10.2. The Hall–Kier alpha value is -3.82. The molecule has 5 rings (SSSR count). The number of fused-ring (bicyclic) bond motifs is 2. The number of nitrogens with zero attached hydrogens (tertiary/aromatic N) is 5. The summed E-state index contributed by atoms with van der Waals surface area (Å²) in [5.74, 6) is 0.420. The third-order valence-electron chi connectivity index (χ3n) is 5.52. The molecule has 0 spiro atoms. The van der Waals surface area contributed by atoms with Crippen LogP contribution in [0.25, 0.3) is 16.4 Å². The number of benzene rings is 2. The molecule has 168 valence electrons. The minimum atomic E-state index is -0.313. The molecule has 5 aromatic rings. The van der Waals surface area contributed by atoms with E-state index < -0.39 is 0 Å². The lowest BCUT2D eigenvalue weighted by Crippen LogP contribution is -2.22. The van der Waals surface area contributed by atoms with Crippen molar-refractivity contribution < 1.29 is 9.13 Å². The first-order valence-corrected chi connectivity index (χ1v) is 10.8. The molecule has 1 atom stereocenters. The molecule has 0 saturated carbocycles. The highest BCUT2D eigenvalue weighted by Crippen LogP contribution is 2.26. The summed E-state index contributed by atoms with van der Waals surface area (Å²) in [6, 6.07) is 14.5. The van der Waals surface area contributed by atoms with Crippen molar-refractivity contribution in [3.05, 3.63) is 84.2 Å². The molecule has 0 saturated heterocycles. The van der Waals surface area contributed by atoms with Crippen LogP contribution in [0, 0.1) is 5.82 Å². The summed E-state index contributed by atoms with van der Waals surface area (Å²) >= 11 is 0. The molecule has 3 heterocycles. The second kappa shape index (κ2) is 8.97. The molecular weight excluding hydrogens is 421 g/mol. The smallest absolute Gasteiger partial charge is 0.158 e. The van der Waals surface area contributed by atoms with E-state index in [0.29, 0.717) is 19.0 Å². The van der Waals surface area contributed by atoms with Gasteiger partial charge in [0.2, 0.25) is 0 Å². The number of halogens is 1. The molecule has 2 aromatic carbocycles. The maximum absolute atomic E-state index is 13.5. The summed E-state index contributed by atoms with van der Waals surface area (Å²) < 4.78 is 22.9. The van der Waals surface area contributed by atoms with E-state index >= 15 is 0 Å². The zero-order valence-electron chi connectivity index (χ0n) is 18.1. The monoisotopic (exact) mass is 445 g/mol. The number of nitrogens with two attached hydrogens (primary N) is 1. The number of ether oxygens (including phenoxy) is 1. The fourth-order valence-electron chi connectivity index (χ4n) is 3.78. The molecule has 0 aliphatic carbocycles. The molecule has 33 heavy (non-hydrogen) atoms. The average molecular weight is 446 g/mol. The SMILES string of the molecule is CCC(N)OCc1ccn2ncnc(Nc3ccc4c(cnn4Cc4cccc(F)c4)c3)c12. The Morgan fingerprint density at radius 3 is 2.91 bits per heavy atom. The second-order valence-electron chi connectivity index (χ2n) is 7.83. The minimum Gasteiger partial charge on any atom is -0.359 e. The molecule has 9 heteroatoms. The fraction of sp³-hybridized carbons (Fsp3) is 0.208. The van der Waals surface area contributed by atoms with E-state index in [1.807, 2.05) is 48.1 Å². The van der Waals surface area contributed by atoms with E-state index in [-0.39, 0.29) is 12.0 Å². The topological polar surface area (TPSA) is 95.3 Å². The quantitative estimate of drug-likeness (QED) is 0.347. The summed E-state index contributed by atoms with van der Waals surface area (Å²) in [4.78, 5) is 4.45. The van der Waals surface area contributed by atoms with Crippen LogP contribution < -0.4 is 11.1 Å². The molecule has 0 fully saturated rings. The molecule has 3 N–H and O–H groups in total. The molecule has 3 aromatic heterocycles. The second-order valence-corrected chi connectivity index (χ2v) is 7.83. The van der Waals surface area contributed by atoms with Gasteiger partial charge in [-0.15, -0.1) is 0 Å². The van der Waals surface area contributed by atoms with Crippen molar-refractivity contribution in [2.24, 2.45) is 5.73 Å². The average Bonchev–Trinajstić information content (AvgIpc) is 3.42. The third kappa shape index (κ3) is 4.41. The van der Waals surface area contributed by atoms with Crippen LogP contribution in [0.15, 0.2) is 67.3 Å². The van der Waals surface area contributed by atoms with Gasteiger partial charge in [0, 0.05) is 22.8 Å². The van der Waals surface area contributed by atoms with Gasteiger partial charge in [-0.2, -0.15) is 10.2 Å². The summed E-state index contributed by atoms with van der Waals surface area (Å²) in [5, 5.41) is 13.1.